The Bertz CT molecular complexity index is 1190. The summed E-state index contributed by atoms with van der Waals surface area (Å²) in [6.45, 7) is 1.96. The zero-order chi connectivity index (χ0) is 18.3. The first-order valence-corrected chi connectivity index (χ1v) is 8.81. The highest BCUT2D eigenvalue weighted by molar-refractivity contribution is 7.14. The number of benzene rings is 1. The summed E-state index contributed by atoms with van der Waals surface area (Å²) in [6, 6.07) is 9.42. The van der Waals surface area contributed by atoms with Crippen molar-refractivity contribution in [3.05, 3.63) is 52.3 Å². The molecule has 1 aromatic carbocycles. The fourth-order valence-electron chi connectivity index (χ4n) is 2.63. The Balaban J connectivity index is 2.03. The minimum absolute atomic E-state index is 0.0689. The maximum atomic E-state index is 9.30. The number of hydrogen-bond donors (Lipinski definition) is 1. The normalized spacial score (nSPS) is 10.8. The molecule has 0 amide bonds. The molecule has 0 aliphatic carbocycles. The molecule has 0 atom stereocenters. The number of nitrogens with zero attached hydrogens (tertiary/aromatic N) is 5. The van der Waals surface area contributed by atoms with Gasteiger partial charge in [0.15, 0.2) is 11.5 Å². The molecular weight excluding hydrogens is 368 g/mol. The molecule has 0 saturated heterocycles. The lowest BCUT2D eigenvalue weighted by Gasteiger charge is -2.10. The zero-order valence-corrected chi connectivity index (χ0v) is 15.1. The number of rotatable bonds is 2. The van der Waals surface area contributed by atoms with E-state index in [0.29, 0.717) is 26.9 Å². The van der Waals surface area contributed by atoms with E-state index in [1.54, 1.807) is 18.5 Å². The van der Waals surface area contributed by atoms with Crippen LogP contribution >= 0.6 is 22.9 Å². The molecule has 126 valence electrons. The number of pyridine rings is 1. The van der Waals surface area contributed by atoms with Gasteiger partial charge in [0.05, 0.1) is 10.5 Å². The van der Waals surface area contributed by atoms with E-state index in [2.05, 4.69) is 19.9 Å². The van der Waals surface area contributed by atoms with Crippen LogP contribution in [0.2, 0.25) is 5.02 Å². The summed E-state index contributed by atoms with van der Waals surface area (Å²) in [4.78, 5) is 18.5. The quantitative estimate of drug-likeness (QED) is 0.560. The molecule has 0 unspecified atom stereocenters. The Morgan fingerprint density at radius 1 is 1.19 bits per heavy atom. The molecule has 0 spiro atoms. The SMILES string of the molecule is Cc1cnc(-c2nc(N)c(C#N)nc2-c2cc(Cl)c3ncccc3c2)s1. The number of nitrogen functional groups attached to an aromatic ring is 1. The Kier molecular flexibility index (Phi) is 3.99. The van der Waals surface area contributed by atoms with Crippen molar-refractivity contribution in [3.63, 3.8) is 0 Å². The summed E-state index contributed by atoms with van der Waals surface area (Å²) < 4.78 is 0. The van der Waals surface area contributed by atoms with Crippen molar-refractivity contribution in [2.75, 3.05) is 5.73 Å². The predicted molar refractivity (Wildman–Crippen MR) is 103 cm³/mol. The van der Waals surface area contributed by atoms with E-state index >= 15 is 0 Å². The first-order chi connectivity index (χ1) is 12.6. The van der Waals surface area contributed by atoms with Gasteiger partial charge < -0.3 is 5.73 Å². The van der Waals surface area contributed by atoms with Gasteiger partial charge in [0, 0.05) is 28.2 Å². The van der Waals surface area contributed by atoms with Crippen LogP contribution in [0.15, 0.2) is 36.7 Å². The third kappa shape index (κ3) is 2.75. The van der Waals surface area contributed by atoms with E-state index in [1.165, 1.54) is 11.3 Å². The highest BCUT2D eigenvalue weighted by Crippen LogP contribution is 2.36. The highest BCUT2D eigenvalue weighted by atomic mass is 35.5. The Morgan fingerprint density at radius 2 is 2.04 bits per heavy atom. The summed E-state index contributed by atoms with van der Waals surface area (Å²) in [5.74, 6) is 0.0765. The van der Waals surface area contributed by atoms with Crippen molar-refractivity contribution in [1.82, 2.24) is 19.9 Å². The molecule has 2 N–H and O–H groups in total. The molecule has 4 rings (SSSR count). The third-order valence-electron chi connectivity index (χ3n) is 3.78. The zero-order valence-electron chi connectivity index (χ0n) is 13.6. The van der Waals surface area contributed by atoms with Gasteiger partial charge in [-0.25, -0.2) is 15.0 Å². The fourth-order valence-corrected chi connectivity index (χ4v) is 3.66. The molecule has 0 bridgehead atoms. The second kappa shape index (κ2) is 6.33. The lowest BCUT2D eigenvalue weighted by atomic mass is 10.1. The minimum Gasteiger partial charge on any atom is -0.381 e. The van der Waals surface area contributed by atoms with Crippen LogP contribution in [0.1, 0.15) is 10.6 Å². The van der Waals surface area contributed by atoms with Crippen LogP contribution in [-0.2, 0) is 0 Å². The maximum Gasteiger partial charge on any atom is 0.183 e. The van der Waals surface area contributed by atoms with Crippen molar-refractivity contribution < 1.29 is 0 Å². The Labute approximate surface area is 158 Å². The Morgan fingerprint density at radius 3 is 2.77 bits per heavy atom. The molecule has 0 aliphatic heterocycles. The van der Waals surface area contributed by atoms with Gasteiger partial charge in [0.2, 0.25) is 0 Å². The van der Waals surface area contributed by atoms with E-state index in [1.807, 2.05) is 31.2 Å². The van der Waals surface area contributed by atoms with E-state index in [0.717, 1.165) is 15.8 Å². The van der Waals surface area contributed by atoms with Gasteiger partial charge >= 0.3 is 0 Å². The summed E-state index contributed by atoms with van der Waals surface area (Å²) in [5.41, 5.74) is 8.42. The topological polar surface area (TPSA) is 101 Å². The molecule has 4 aromatic rings. The molecule has 3 aromatic heterocycles. The van der Waals surface area contributed by atoms with Crippen LogP contribution in [0.3, 0.4) is 0 Å². The van der Waals surface area contributed by atoms with Gasteiger partial charge in [0.1, 0.15) is 22.5 Å². The molecule has 3 heterocycles. The summed E-state index contributed by atoms with van der Waals surface area (Å²) in [5, 5.41) is 11.3. The van der Waals surface area contributed by atoms with Crippen molar-refractivity contribution in [2.45, 2.75) is 6.92 Å². The van der Waals surface area contributed by atoms with Gasteiger partial charge in [0.25, 0.3) is 0 Å². The summed E-state index contributed by atoms with van der Waals surface area (Å²) in [7, 11) is 0. The van der Waals surface area contributed by atoms with E-state index < -0.39 is 0 Å². The molecule has 8 heteroatoms. The fraction of sp³-hybridized carbons (Fsp3) is 0.0556. The number of halogens is 1. The minimum atomic E-state index is 0.0689. The van der Waals surface area contributed by atoms with Crippen LogP contribution in [0.4, 0.5) is 5.82 Å². The molecule has 6 nitrogen and oxygen atoms in total. The molecular formula is C18H11ClN6S. The first-order valence-electron chi connectivity index (χ1n) is 7.62. The number of nitriles is 1. The van der Waals surface area contributed by atoms with Gasteiger partial charge in [-0.15, -0.1) is 11.3 Å². The van der Waals surface area contributed by atoms with Crippen molar-refractivity contribution in [1.29, 1.82) is 5.26 Å². The number of hydrogen-bond acceptors (Lipinski definition) is 7. The predicted octanol–water partition coefficient (Wildman–Crippen LogP) is 4.23. The van der Waals surface area contributed by atoms with Gasteiger partial charge in [-0.05, 0) is 25.1 Å². The van der Waals surface area contributed by atoms with Crippen molar-refractivity contribution in [2.24, 2.45) is 0 Å². The second-order valence-electron chi connectivity index (χ2n) is 5.58. The van der Waals surface area contributed by atoms with Crippen molar-refractivity contribution in [3.8, 4) is 28.0 Å². The monoisotopic (exact) mass is 378 g/mol. The smallest absolute Gasteiger partial charge is 0.183 e. The van der Waals surface area contributed by atoms with E-state index in [4.69, 9.17) is 17.3 Å². The van der Waals surface area contributed by atoms with Crippen LogP contribution in [0, 0.1) is 18.3 Å². The van der Waals surface area contributed by atoms with Gasteiger partial charge in [-0.2, -0.15) is 5.26 Å². The van der Waals surface area contributed by atoms with Crippen molar-refractivity contribution >= 4 is 39.7 Å². The first kappa shape index (κ1) is 16.4. The highest BCUT2D eigenvalue weighted by Gasteiger charge is 2.19. The average Bonchev–Trinajstić information content (AvgIpc) is 3.07. The maximum absolute atomic E-state index is 9.30. The van der Waals surface area contributed by atoms with Crippen LogP contribution in [0.5, 0.6) is 0 Å². The van der Waals surface area contributed by atoms with Gasteiger partial charge in [-0.1, -0.05) is 17.7 Å². The average molecular weight is 379 g/mol. The molecule has 0 aliphatic rings. The summed E-state index contributed by atoms with van der Waals surface area (Å²) in [6.07, 6.45) is 3.45. The molecule has 0 fully saturated rings. The molecule has 0 radical (unpaired) electrons. The second-order valence-corrected chi connectivity index (χ2v) is 7.22. The van der Waals surface area contributed by atoms with E-state index in [9.17, 15) is 5.26 Å². The lowest BCUT2D eigenvalue weighted by molar-refractivity contribution is 1.17. The van der Waals surface area contributed by atoms with Crippen LogP contribution in [-0.4, -0.2) is 19.9 Å². The number of aromatic nitrogens is 4. The molecule has 0 saturated carbocycles. The Hall–Kier alpha value is -3.08. The largest absolute Gasteiger partial charge is 0.381 e. The van der Waals surface area contributed by atoms with Crippen LogP contribution in [0.25, 0.3) is 32.9 Å². The number of anilines is 1. The standard InChI is InChI=1S/C18H11ClN6S/c1-9-8-23-18(26-9)16-15(24-13(7-20)17(21)25-16)11-5-10-3-2-4-22-14(10)12(19)6-11/h2-6,8H,1H3,(H2,21,25). The molecule has 26 heavy (non-hydrogen) atoms. The van der Waals surface area contributed by atoms with E-state index in [-0.39, 0.29) is 11.5 Å². The third-order valence-corrected chi connectivity index (χ3v) is 4.99. The lowest BCUT2D eigenvalue weighted by Crippen LogP contribution is -2.03. The van der Waals surface area contributed by atoms with Crippen LogP contribution < -0.4 is 5.73 Å². The number of aryl methyl sites for hydroxylation is 1. The number of thiazole rings is 1. The number of fused-ring (bicyclic) bond motifs is 1. The summed E-state index contributed by atoms with van der Waals surface area (Å²) >= 11 is 7.89. The van der Waals surface area contributed by atoms with Gasteiger partial charge in [-0.3, -0.25) is 4.98 Å². The number of nitrogens with two attached hydrogens (primary N) is 1.